The van der Waals surface area contributed by atoms with E-state index in [1.807, 2.05) is 27.2 Å². The first-order valence-corrected chi connectivity index (χ1v) is 32.9. The van der Waals surface area contributed by atoms with E-state index in [2.05, 4.69) is 43.5 Å². The molecule has 0 saturated carbocycles. The first kappa shape index (κ1) is 70.7. The van der Waals surface area contributed by atoms with Crippen LogP contribution in [0.25, 0.3) is 0 Å². The zero-order valence-electron chi connectivity index (χ0n) is 48.7. The predicted molar refractivity (Wildman–Crippen MR) is 314 cm³/mol. The Labute approximate surface area is 448 Å². The third-order valence-electron chi connectivity index (χ3n) is 14.3. The lowest BCUT2D eigenvalue weighted by Crippen LogP contribution is -2.45. The number of hydrogen-bond acceptors (Lipinski definition) is 5. The molecule has 0 aliphatic rings. The molecular formula is C63H124N2O6P+. The second-order valence-corrected chi connectivity index (χ2v) is 24.2. The molecule has 0 bridgehead atoms. The van der Waals surface area contributed by atoms with Crippen molar-refractivity contribution in [3.05, 3.63) is 36.5 Å². The fourth-order valence-electron chi connectivity index (χ4n) is 9.43. The molecule has 3 N–H and O–H groups in total. The van der Waals surface area contributed by atoms with Crippen molar-refractivity contribution in [1.29, 1.82) is 0 Å². The summed E-state index contributed by atoms with van der Waals surface area (Å²) in [5, 5.41) is 13.9. The van der Waals surface area contributed by atoms with Gasteiger partial charge in [0.1, 0.15) is 13.2 Å². The number of phosphoric ester groups is 1. The Morgan fingerprint density at radius 2 is 0.764 bits per heavy atom. The van der Waals surface area contributed by atoms with Gasteiger partial charge >= 0.3 is 7.82 Å². The maximum atomic E-state index is 13.0. The van der Waals surface area contributed by atoms with E-state index in [9.17, 15) is 19.4 Å². The summed E-state index contributed by atoms with van der Waals surface area (Å²) in [6.07, 6.45) is 71.3. The Hall–Kier alpha value is -1.28. The number of nitrogens with zero attached hydrogens (tertiary/aromatic N) is 1. The number of carbonyl (C=O) groups excluding carboxylic acids is 1. The van der Waals surface area contributed by atoms with E-state index >= 15 is 0 Å². The molecule has 3 atom stereocenters. The molecule has 0 aromatic heterocycles. The molecule has 0 aliphatic carbocycles. The standard InChI is InChI=1S/C63H123N2O6P/c1-6-8-10-12-14-16-18-20-22-24-26-28-29-30-31-32-33-34-35-36-37-39-41-43-45-47-49-51-53-55-57-63(67)64-61(60-71-72(68,69)70-59-58-65(3,4)5)62(66)56-54-52-50-48-46-44-42-40-38-27-25-23-21-19-17-15-13-11-9-7-2/h38,40,46,48,54,56,61-62,66H,6-37,39,41-45,47,49-53,55,57-60H2,1-5H3,(H-,64,67,68,69)/p+1/b40-38+,48-46+,56-54+. The van der Waals surface area contributed by atoms with Crippen LogP contribution in [0, 0.1) is 0 Å². The molecular weight excluding hydrogens is 912 g/mol. The Bertz CT molecular complexity index is 1270. The third kappa shape index (κ3) is 56.4. The number of phosphoric acid groups is 1. The molecule has 0 rings (SSSR count). The highest BCUT2D eigenvalue weighted by Crippen LogP contribution is 2.43. The molecule has 0 saturated heterocycles. The minimum absolute atomic E-state index is 0.0552. The van der Waals surface area contributed by atoms with E-state index in [4.69, 9.17) is 9.05 Å². The highest BCUT2D eigenvalue weighted by molar-refractivity contribution is 7.47. The van der Waals surface area contributed by atoms with Crippen LogP contribution in [0.15, 0.2) is 36.5 Å². The van der Waals surface area contributed by atoms with Crippen molar-refractivity contribution >= 4 is 13.7 Å². The van der Waals surface area contributed by atoms with Crippen molar-refractivity contribution in [2.75, 3.05) is 40.9 Å². The average Bonchev–Trinajstić information content (AvgIpc) is 3.34. The summed E-state index contributed by atoms with van der Waals surface area (Å²) in [5.41, 5.74) is 0. The SMILES string of the molecule is CCCCCCCCCCCC/C=C/CC/C=C/CC/C=C/C(O)C(COP(=O)(O)OCC[N+](C)(C)C)NC(=O)CCCCCCCCCCCCCCCCCCCCCCCCCCCCCCCC. The van der Waals surface area contributed by atoms with Crippen molar-refractivity contribution in [2.24, 2.45) is 0 Å². The summed E-state index contributed by atoms with van der Waals surface area (Å²) in [6, 6.07) is -0.868. The number of allylic oxidation sites excluding steroid dienone is 5. The number of likely N-dealkylation sites (N-methyl/N-ethyl adjacent to an activating group) is 1. The van der Waals surface area contributed by atoms with Crippen LogP contribution >= 0.6 is 7.82 Å². The maximum absolute atomic E-state index is 13.0. The monoisotopic (exact) mass is 1040 g/mol. The van der Waals surface area contributed by atoms with Gasteiger partial charge in [0.25, 0.3) is 0 Å². The summed E-state index contributed by atoms with van der Waals surface area (Å²) in [6.45, 7) is 4.83. The zero-order valence-corrected chi connectivity index (χ0v) is 49.6. The fraction of sp³-hybridized carbons (Fsp3) is 0.889. The number of unbranched alkanes of at least 4 members (excludes halogenated alkanes) is 41. The van der Waals surface area contributed by atoms with Crippen LogP contribution < -0.4 is 5.32 Å². The average molecular weight is 1040 g/mol. The van der Waals surface area contributed by atoms with Crippen LogP contribution in [0.4, 0.5) is 0 Å². The number of rotatable bonds is 58. The van der Waals surface area contributed by atoms with Crippen LogP contribution in [0.1, 0.15) is 309 Å². The molecule has 0 heterocycles. The predicted octanol–water partition coefficient (Wildman–Crippen LogP) is 19.3. The second-order valence-electron chi connectivity index (χ2n) is 22.8. The van der Waals surface area contributed by atoms with E-state index < -0.39 is 20.0 Å². The van der Waals surface area contributed by atoms with Gasteiger partial charge < -0.3 is 19.8 Å². The maximum Gasteiger partial charge on any atom is 0.472 e. The van der Waals surface area contributed by atoms with Crippen molar-refractivity contribution in [2.45, 2.75) is 321 Å². The van der Waals surface area contributed by atoms with E-state index in [-0.39, 0.29) is 19.1 Å². The molecule has 9 heteroatoms. The van der Waals surface area contributed by atoms with E-state index in [0.717, 1.165) is 44.9 Å². The minimum Gasteiger partial charge on any atom is -0.387 e. The van der Waals surface area contributed by atoms with Gasteiger partial charge in [0.05, 0.1) is 39.9 Å². The van der Waals surface area contributed by atoms with Crippen molar-refractivity contribution in [3.8, 4) is 0 Å². The van der Waals surface area contributed by atoms with E-state index in [0.29, 0.717) is 17.4 Å². The second kappa shape index (κ2) is 54.5. The van der Waals surface area contributed by atoms with Gasteiger partial charge in [0.2, 0.25) is 5.91 Å². The van der Waals surface area contributed by atoms with Gasteiger partial charge in [-0.2, -0.15) is 0 Å². The molecule has 0 aromatic carbocycles. The highest BCUT2D eigenvalue weighted by Gasteiger charge is 2.27. The molecule has 0 radical (unpaired) electrons. The van der Waals surface area contributed by atoms with Crippen LogP contribution in [0.3, 0.4) is 0 Å². The van der Waals surface area contributed by atoms with Crippen molar-refractivity contribution < 1.29 is 32.9 Å². The Kier molecular flexibility index (Phi) is 53.5. The Morgan fingerprint density at radius 3 is 1.11 bits per heavy atom. The lowest BCUT2D eigenvalue weighted by molar-refractivity contribution is -0.870. The van der Waals surface area contributed by atoms with Crippen LogP contribution in [0.2, 0.25) is 0 Å². The number of aliphatic hydroxyl groups is 1. The van der Waals surface area contributed by atoms with Gasteiger partial charge in [-0.25, -0.2) is 4.57 Å². The van der Waals surface area contributed by atoms with Gasteiger partial charge in [-0.1, -0.05) is 294 Å². The van der Waals surface area contributed by atoms with E-state index in [1.54, 1.807) is 6.08 Å². The summed E-state index contributed by atoms with van der Waals surface area (Å²) in [7, 11) is 1.56. The van der Waals surface area contributed by atoms with Crippen LogP contribution in [-0.4, -0.2) is 73.4 Å². The molecule has 426 valence electrons. The fourth-order valence-corrected chi connectivity index (χ4v) is 10.2. The number of carbonyl (C=O) groups is 1. The molecule has 0 fully saturated rings. The largest absolute Gasteiger partial charge is 0.472 e. The molecule has 0 spiro atoms. The highest BCUT2D eigenvalue weighted by atomic mass is 31.2. The van der Waals surface area contributed by atoms with Crippen molar-refractivity contribution in [1.82, 2.24) is 5.32 Å². The normalized spacial score (nSPS) is 14.0. The Morgan fingerprint density at radius 1 is 0.458 bits per heavy atom. The smallest absolute Gasteiger partial charge is 0.387 e. The topological polar surface area (TPSA) is 105 Å². The third-order valence-corrected chi connectivity index (χ3v) is 15.3. The first-order chi connectivity index (χ1) is 35.0. The Balaban J connectivity index is 4.12. The van der Waals surface area contributed by atoms with E-state index in [1.165, 1.54) is 244 Å². The quantitative estimate of drug-likeness (QED) is 0.0243. The molecule has 0 aromatic rings. The van der Waals surface area contributed by atoms with Gasteiger partial charge in [-0.05, 0) is 44.9 Å². The van der Waals surface area contributed by atoms with Gasteiger partial charge in [0, 0.05) is 6.42 Å². The molecule has 72 heavy (non-hydrogen) atoms. The lowest BCUT2D eigenvalue weighted by atomic mass is 10.0. The van der Waals surface area contributed by atoms with Crippen molar-refractivity contribution in [3.63, 3.8) is 0 Å². The van der Waals surface area contributed by atoms with Gasteiger partial charge in [0.15, 0.2) is 0 Å². The summed E-state index contributed by atoms with van der Waals surface area (Å²) < 4.78 is 23.7. The summed E-state index contributed by atoms with van der Waals surface area (Å²) in [4.78, 5) is 23.3. The number of amides is 1. The van der Waals surface area contributed by atoms with Crippen LogP contribution in [-0.2, 0) is 18.4 Å². The number of hydrogen-bond donors (Lipinski definition) is 3. The summed E-state index contributed by atoms with van der Waals surface area (Å²) >= 11 is 0. The van der Waals surface area contributed by atoms with Gasteiger partial charge in [-0.3, -0.25) is 13.8 Å². The minimum atomic E-state index is -4.36. The zero-order chi connectivity index (χ0) is 52.7. The van der Waals surface area contributed by atoms with Gasteiger partial charge in [-0.15, -0.1) is 0 Å². The number of nitrogens with one attached hydrogen (secondary N) is 1. The molecule has 3 unspecified atom stereocenters. The number of quaternary nitrogens is 1. The lowest BCUT2D eigenvalue weighted by Gasteiger charge is -2.25. The molecule has 8 nitrogen and oxygen atoms in total. The summed E-state index contributed by atoms with van der Waals surface area (Å²) in [5.74, 6) is -0.185. The molecule has 1 amide bonds. The molecule has 0 aliphatic heterocycles. The first-order valence-electron chi connectivity index (χ1n) is 31.4. The number of aliphatic hydroxyl groups excluding tert-OH is 1. The van der Waals surface area contributed by atoms with Crippen LogP contribution in [0.5, 0.6) is 0 Å².